The molecule has 22 heavy (non-hydrogen) atoms. The second-order valence-electron chi connectivity index (χ2n) is 5.83. The van der Waals surface area contributed by atoms with E-state index in [1.165, 1.54) is 0 Å². The fourth-order valence-electron chi connectivity index (χ4n) is 2.94. The average molecular weight is 301 g/mol. The number of nitriles is 1. The van der Waals surface area contributed by atoms with Gasteiger partial charge in [-0.2, -0.15) is 5.26 Å². The van der Waals surface area contributed by atoms with Crippen molar-refractivity contribution in [2.45, 2.75) is 44.8 Å². The van der Waals surface area contributed by atoms with Crippen LogP contribution >= 0.6 is 0 Å². The van der Waals surface area contributed by atoms with Crippen molar-refractivity contribution in [1.29, 1.82) is 5.26 Å². The van der Waals surface area contributed by atoms with Gasteiger partial charge in [0.1, 0.15) is 0 Å². The third-order valence-corrected chi connectivity index (χ3v) is 4.14. The van der Waals surface area contributed by atoms with Gasteiger partial charge in [-0.1, -0.05) is 6.42 Å². The summed E-state index contributed by atoms with van der Waals surface area (Å²) in [6, 6.07) is 9.04. The maximum Gasteiger partial charge on any atom is 0.225 e. The van der Waals surface area contributed by atoms with Gasteiger partial charge in [0.2, 0.25) is 5.91 Å². The van der Waals surface area contributed by atoms with Crippen LogP contribution in [0.3, 0.4) is 0 Å². The van der Waals surface area contributed by atoms with Gasteiger partial charge in [0.05, 0.1) is 17.7 Å². The number of likely N-dealkylation sites (tertiary alicyclic amines) is 1. The van der Waals surface area contributed by atoms with Crippen LogP contribution in [0.2, 0.25) is 0 Å². The van der Waals surface area contributed by atoms with E-state index < -0.39 is 0 Å². The molecule has 0 spiro atoms. The predicted octanol–water partition coefficient (Wildman–Crippen LogP) is 2.12. The molecule has 0 aromatic heterocycles. The lowest BCUT2D eigenvalue weighted by Gasteiger charge is -2.37. The molecule has 1 saturated heterocycles. The fraction of sp³-hybridized carbons (Fsp3) is 0.529. The number of amides is 1. The molecule has 5 nitrogen and oxygen atoms in total. The molecule has 118 valence electrons. The van der Waals surface area contributed by atoms with Crippen LogP contribution in [0.25, 0.3) is 0 Å². The number of carbonyl (C=O) groups excluding carboxylic acids is 1. The van der Waals surface area contributed by atoms with Gasteiger partial charge >= 0.3 is 0 Å². The molecular weight excluding hydrogens is 278 g/mol. The lowest BCUT2D eigenvalue weighted by atomic mass is 9.98. The standard InChI is InChI=1S/C17H23N3O2/c1-13(21)16-4-2-3-10-20(16)11-9-17(22)19-15-7-5-14(12-18)6-8-15/h5-8,13,16,21H,2-4,9-11H2,1H3,(H,19,22). The van der Waals surface area contributed by atoms with Crippen molar-refractivity contribution in [1.82, 2.24) is 4.90 Å². The Morgan fingerprint density at radius 2 is 2.18 bits per heavy atom. The number of rotatable bonds is 5. The average Bonchev–Trinajstić information content (AvgIpc) is 2.54. The first kappa shape index (κ1) is 16.5. The van der Waals surface area contributed by atoms with Crippen LogP contribution < -0.4 is 5.32 Å². The highest BCUT2D eigenvalue weighted by Gasteiger charge is 2.26. The molecular formula is C17H23N3O2. The third-order valence-electron chi connectivity index (χ3n) is 4.14. The van der Waals surface area contributed by atoms with Gasteiger partial charge in [-0.15, -0.1) is 0 Å². The fourth-order valence-corrected chi connectivity index (χ4v) is 2.94. The van der Waals surface area contributed by atoms with Gasteiger partial charge in [0.15, 0.2) is 0 Å². The van der Waals surface area contributed by atoms with Crippen LogP contribution in [0, 0.1) is 11.3 Å². The van der Waals surface area contributed by atoms with Crippen molar-refractivity contribution in [3.05, 3.63) is 29.8 Å². The summed E-state index contributed by atoms with van der Waals surface area (Å²) in [4.78, 5) is 14.2. The minimum atomic E-state index is -0.359. The van der Waals surface area contributed by atoms with Gasteiger partial charge in [-0.25, -0.2) is 0 Å². The van der Waals surface area contributed by atoms with Crippen molar-refractivity contribution in [2.24, 2.45) is 0 Å². The Labute approximate surface area is 131 Å². The number of hydrogen-bond acceptors (Lipinski definition) is 4. The van der Waals surface area contributed by atoms with Gasteiger partial charge in [0.25, 0.3) is 0 Å². The Kier molecular flexibility index (Phi) is 5.93. The Morgan fingerprint density at radius 1 is 1.45 bits per heavy atom. The van der Waals surface area contributed by atoms with Crippen molar-refractivity contribution in [3.63, 3.8) is 0 Å². The summed E-state index contributed by atoms with van der Waals surface area (Å²) in [6.45, 7) is 3.43. The highest BCUT2D eigenvalue weighted by molar-refractivity contribution is 5.90. The van der Waals surface area contributed by atoms with Crippen LogP contribution in [0.4, 0.5) is 5.69 Å². The summed E-state index contributed by atoms with van der Waals surface area (Å²) >= 11 is 0. The summed E-state index contributed by atoms with van der Waals surface area (Å²) < 4.78 is 0. The maximum atomic E-state index is 12.0. The molecule has 2 N–H and O–H groups in total. The van der Waals surface area contributed by atoms with E-state index in [0.29, 0.717) is 24.2 Å². The number of nitrogens with one attached hydrogen (secondary N) is 1. The summed E-state index contributed by atoms with van der Waals surface area (Å²) in [5, 5.41) is 21.4. The molecule has 0 bridgehead atoms. The second kappa shape index (κ2) is 7.92. The number of anilines is 1. The molecule has 1 aromatic carbocycles. The number of piperidine rings is 1. The highest BCUT2D eigenvalue weighted by atomic mass is 16.3. The topological polar surface area (TPSA) is 76.4 Å². The molecule has 2 atom stereocenters. The van der Waals surface area contributed by atoms with Crippen LogP contribution in [-0.4, -0.2) is 41.1 Å². The zero-order valence-electron chi connectivity index (χ0n) is 13.0. The van der Waals surface area contributed by atoms with Crippen molar-refractivity contribution in [2.75, 3.05) is 18.4 Å². The van der Waals surface area contributed by atoms with Crippen LogP contribution in [-0.2, 0) is 4.79 Å². The highest BCUT2D eigenvalue weighted by Crippen LogP contribution is 2.20. The van der Waals surface area contributed by atoms with Crippen molar-refractivity contribution < 1.29 is 9.90 Å². The lowest BCUT2D eigenvalue weighted by Crippen LogP contribution is -2.46. The molecule has 5 heteroatoms. The molecule has 1 aromatic rings. The van der Waals surface area contributed by atoms with E-state index in [2.05, 4.69) is 10.2 Å². The SMILES string of the molecule is CC(O)C1CCCCN1CCC(=O)Nc1ccc(C#N)cc1. The smallest absolute Gasteiger partial charge is 0.225 e. The molecule has 1 heterocycles. The normalized spacial score (nSPS) is 20.1. The van der Waals surface area contributed by atoms with E-state index in [9.17, 15) is 9.90 Å². The molecule has 2 rings (SSSR count). The van der Waals surface area contributed by atoms with E-state index in [1.807, 2.05) is 13.0 Å². The van der Waals surface area contributed by atoms with E-state index in [0.717, 1.165) is 25.8 Å². The maximum absolute atomic E-state index is 12.0. The third kappa shape index (κ3) is 4.55. The minimum absolute atomic E-state index is 0.0420. The number of nitrogens with zero attached hydrogens (tertiary/aromatic N) is 2. The number of aliphatic hydroxyl groups excluding tert-OH is 1. The molecule has 0 saturated carbocycles. The van der Waals surface area contributed by atoms with Crippen LogP contribution in [0.15, 0.2) is 24.3 Å². The van der Waals surface area contributed by atoms with Gasteiger partial charge in [-0.3, -0.25) is 9.69 Å². The summed E-state index contributed by atoms with van der Waals surface area (Å²) in [6.07, 6.45) is 3.31. The van der Waals surface area contributed by atoms with Crippen LogP contribution in [0.5, 0.6) is 0 Å². The molecule has 2 unspecified atom stereocenters. The van der Waals surface area contributed by atoms with E-state index >= 15 is 0 Å². The zero-order valence-corrected chi connectivity index (χ0v) is 13.0. The first-order valence-electron chi connectivity index (χ1n) is 7.82. The quantitative estimate of drug-likeness (QED) is 0.873. The number of carbonyl (C=O) groups is 1. The predicted molar refractivity (Wildman–Crippen MR) is 85.3 cm³/mol. The van der Waals surface area contributed by atoms with E-state index in [1.54, 1.807) is 24.3 Å². The van der Waals surface area contributed by atoms with Gasteiger partial charge in [-0.05, 0) is 50.6 Å². The lowest BCUT2D eigenvalue weighted by molar-refractivity contribution is -0.116. The number of benzene rings is 1. The molecule has 0 aliphatic carbocycles. The second-order valence-corrected chi connectivity index (χ2v) is 5.83. The monoisotopic (exact) mass is 301 g/mol. The Morgan fingerprint density at radius 3 is 2.82 bits per heavy atom. The Bertz CT molecular complexity index is 534. The summed E-state index contributed by atoms with van der Waals surface area (Å²) in [5.74, 6) is -0.0420. The summed E-state index contributed by atoms with van der Waals surface area (Å²) in [5.41, 5.74) is 1.28. The van der Waals surface area contributed by atoms with E-state index in [4.69, 9.17) is 5.26 Å². The van der Waals surface area contributed by atoms with Gasteiger partial charge in [0, 0.05) is 24.7 Å². The first-order valence-corrected chi connectivity index (χ1v) is 7.82. The molecule has 0 radical (unpaired) electrons. The largest absolute Gasteiger partial charge is 0.392 e. The molecule has 1 amide bonds. The van der Waals surface area contributed by atoms with Gasteiger partial charge < -0.3 is 10.4 Å². The zero-order chi connectivity index (χ0) is 15.9. The Hall–Kier alpha value is -1.90. The van der Waals surface area contributed by atoms with Crippen molar-refractivity contribution in [3.8, 4) is 6.07 Å². The van der Waals surface area contributed by atoms with E-state index in [-0.39, 0.29) is 18.1 Å². The first-order chi connectivity index (χ1) is 10.6. The molecule has 1 fully saturated rings. The minimum Gasteiger partial charge on any atom is -0.392 e. The summed E-state index contributed by atoms with van der Waals surface area (Å²) in [7, 11) is 0. The van der Waals surface area contributed by atoms with Crippen molar-refractivity contribution >= 4 is 11.6 Å². The molecule has 1 aliphatic heterocycles. The molecule has 1 aliphatic rings. The number of aliphatic hydroxyl groups is 1. The Balaban J connectivity index is 1.82. The number of hydrogen-bond donors (Lipinski definition) is 2. The van der Waals surface area contributed by atoms with Crippen LogP contribution in [0.1, 0.15) is 38.2 Å².